The fourth-order valence-electron chi connectivity index (χ4n) is 1.58. The predicted octanol–water partition coefficient (Wildman–Crippen LogP) is 0.308. The summed E-state index contributed by atoms with van der Waals surface area (Å²) in [5, 5.41) is 36.8. The minimum Gasteiger partial charge on any atom is -0.481 e. The molecule has 0 rings (SSSR count). The molecular weight excluding hydrogens is 262 g/mol. The van der Waals surface area contributed by atoms with Gasteiger partial charge in [0.2, 0.25) is 6.04 Å². The molecule has 9 nitrogen and oxygen atoms in total. The molecule has 3 N–H and O–H groups in total. The van der Waals surface area contributed by atoms with Crippen molar-refractivity contribution >= 4 is 17.9 Å². The van der Waals surface area contributed by atoms with E-state index in [9.17, 15) is 24.5 Å². The number of hydrogen-bond donors (Lipinski definition) is 3. The van der Waals surface area contributed by atoms with E-state index in [0.717, 1.165) is 6.92 Å². The SMILES string of the molecule is CC(C(=O)O)C(CC(CCC(=O)O)[N+](=O)[O-])C(=O)O. The van der Waals surface area contributed by atoms with Crippen LogP contribution in [0, 0.1) is 22.0 Å². The number of rotatable bonds is 9. The van der Waals surface area contributed by atoms with Crippen LogP contribution in [-0.4, -0.2) is 44.2 Å². The van der Waals surface area contributed by atoms with Gasteiger partial charge in [-0.3, -0.25) is 24.5 Å². The molecule has 0 aromatic carbocycles. The fraction of sp³-hybridized carbons (Fsp3) is 0.700. The van der Waals surface area contributed by atoms with Gasteiger partial charge in [-0.2, -0.15) is 0 Å². The van der Waals surface area contributed by atoms with E-state index in [1.165, 1.54) is 0 Å². The van der Waals surface area contributed by atoms with E-state index < -0.39 is 53.6 Å². The molecular formula is C10H15NO8. The van der Waals surface area contributed by atoms with Crippen LogP contribution in [0.3, 0.4) is 0 Å². The molecule has 0 saturated heterocycles. The summed E-state index contributed by atoms with van der Waals surface area (Å²) in [5.74, 6) is -6.76. The molecule has 3 unspecified atom stereocenters. The predicted molar refractivity (Wildman–Crippen MR) is 60.2 cm³/mol. The zero-order chi connectivity index (χ0) is 15.2. The van der Waals surface area contributed by atoms with Crippen molar-refractivity contribution in [3.8, 4) is 0 Å². The van der Waals surface area contributed by atoms with E-state index in [1.54, 1.807) is 0 Å². The zero-order valence-corrected chi connectivity index (χ0v) is 10.2. The lowest BCUT2D eigenvalue weighted by Crippen LogP contribution is -2.34. The van der Waals surface area contributed by atoms with Crippen molar-refractivity contribution in [1.82, 2.24) is 0 Å². The third kappa shape index (κ3) is 5.80. The summed E-state index contributed by atoms with van der Waals surface area (Å²) < 4.78 is 0. The Hall–Kier alpha value is -2.19. The average molecular weight is 277 g/mol. The summed E-state index contributed by atoms with van der Waals surface area (Å²) in [5.41, 5.74) is 0. The highest BCUT2D eigenvalue weighted by atomic mass is 16.6. The largest absolute Gasteiger partial charge is 0.481 e. The van der Waals surface area contributed by atoms with Crippen LogP contribution in [0.4, 0.5) is 0 Å². The highest BCUT2D eigenvalue weighted by Gasteiger charge is 2.36. The Morgan fingerprint density at radius 2 is 1.68 bits per heavy atom. The van der Waals surface area contributed by atoms with Gasteiger partial charge in [0.05, 0.1) is 18.3 Å². The summed E-state index contributed by atoms with van der Waals surface area (Å²) in [7, 11) is 0. The maximum atomic E-state index is 10.9. The monoisotopic (exact) mass is 277 g/mol. The first kappa shape index (κ1) is 16.8. The van der Waals surface area contributed by atoms with Crippen LogP contribution in [0.5, 0.6) is 0 Å². The Bertz CT molecular complexity index is 380. The summed E-state index contributed by atoms with van der Waals surface area (Å²) in [4.78, 5) is 42.0. The highest BCUT2D eigenvalue weighted by molar-refractivity contribution is 5.79. The lowest BCUT2D eigenvalue weighted by atomic mass is 9.87. The third-order valence-electron chi connectivity index (χ3n) is 2.83. The van der Waals surface area contributed by atoms with Crippen LogP contribution in [0.25, 0.3) is 0 Å². The summed E-state index contributed by atoms with van der Waals surface area (Å²) in [6, 6.07) is -1.39. The van der Waals surface area contributed by atoms with Crippen molar-refractivity contribution in [1.29, 1.82) is 0 Å². The Morgan fingerprint density at radius 3 is 2.00 bits per heavy atom. The first-order valence-corrected chi connectivity index (χ1v) is 5.47. The van der Waals surface area contributed by atoms with Gasteiger partial charge in [-0.25, -0.2) is 0 Å². The van der Waals surface area contributed by atoms with Crippen molar-refractivity contribution in [3.05, 3.63) is 10.1 Å². The number of hydrogen-bond acceptors (Lipinski definition) is 5. The number of carboxylic acids is 3. The van der Waals surface area contributed by atoms with Crippen LogP contribution < -0.4 is 0 Å². The second-order valence-electron chi connectivity index (χ2n) is 4.18. The number of carbonyl (C=O) groups is 3. The second kappa shape index (κ2) is 7.29. The molecule has 0 aromatic rings. The van der Waals surface area contributed by atoms with Crippen molar-refractivity contribution < 1.29 is 34.6 Å². The third-order valence-corrected chi connectivity index (χ3v) is 2.83. The van der Waals surface area contributed by atoms with Gasteiger partial charge in [-0.05, 0) is 0 Å². The van der Waals surface area contributed by atoms with Crippen molar-refractivity contribution in [3.63, 3.8) is 0 Å². The van der Waals surface area contributed by atoms with Crippen molar-refractivity contribution in [2.24, 2.45) is 11.8 Å². The molecule has 0 fully saturated rings. The molecule has 0 heterocycles. The topological polar surface area (TPSA) is 155 Å². The van der Waals surface area contributed by atoms with Crippen LogP contribution in [0.1, 0.15) is 26.2 Å². The molecule has 0 aliphatic carbocycles. The van der Waals surface area contributed by atoms with Gasteiger partial charge in [0.1, 0.15) is 0 Å². The first-order chi connectivity index (χ1) is 8.66. The van der Waals surface area contributed by atoms with Gasteiger partial charge in [0, 0.05) is 17.8 Å². The Balaban J connectivity index is 4.85. The van der Waals surface area contributed by atoms with Gasteiger partial charge in [-0.1, -0.05) is 6.92 Å². The molecule has 0 aliphatic rings. The smallest absolute Gasteiger partial charge is 0.307 e. The maximum absolute atomic E-state index is 10.9. The molecule has 0 radical (unpaired) electrons. The molecule has 0 aliphatic heterocycles. The van der Waals surface area contributed by atoms with E-state index >= 15 is 0 Å². The minimum atomic E-state index is -1.45. The fourth-order valence-corrected chi connectivity index (χ4v) is 1.58. The molecule has 0 spiro atoms. The zero-order valence-electron chi connectivity index (χ0n) is 10.2. The van der Waals surface area contributed by atoms with E-state index in [4.69, 9.17) is 15.3 Å². The quantitative estimate of drug-likeness (QED) is 0.401. The number of nitro groups is 1. The molecule has 0 saturated carbocycles. The molecule has 9 heteroatoms. The molecule has 0 bridgehead atoms. The van der Waals surface area contributed by atoms with E-state index in [-0.39, 0.29) is 6.42 Å². The Labute approximate surface area is 108 Å². The van der Waals surface area contributed by atoms with Crippen molar-refractivity contribution in [2.75, 3.05) is 0 Å². The molecule has 3 atom stereocenters. The lowest BCUT2D eigenvalue weighted by Gasteiger charge is -2.18. The highest BCUT2D eigenvalue weighted by Crippen LogP contribution is 2.22. The van der Waals surface area contributed by atoms with Crippen LogP contribution in [0.15, 0.2) is 0 Å². The van der Waals surface area contributed by atoms with Gasteiger partial charge >= 0.3 is 17.9 Å². The summed E-state index contributed by atoms with van der Waals surface area (Å²) in [6.45, 7) is 1.15. The van der Waals surface area contributed by atoms with E-state index in [2.05, 4.69) is 0 Å². The van der Waals surface area contributed by atoms with E-state index in [1.807, 2.05) is 0 Å². The second-order valence-corrected chi connectivity index (χ2v) is 4.18. The summed E-state index contributed by atoms with van der Waals surface area (Å²) in [6.07, 6.45) is -1.32. The molecule has 0 amide bonds. The standard InChI is InChI=1S/C10H15NO8/c1-5(9(14)15)7(10(16)17)4-6(11(18)19)2-3-8(12)13/h5-7H,2-4H2,1H3,(H,12,13)(H,14,15)(H,16,17). The first-order valence-electron chi connectivity index (χ1n) is 5.47. The number of nitrogens with zero attached hydrogens (tertiary/aromatic N) is 1. The van der Waals surface area contributed by atoms with Crippen LogP contribution in [0.2, 0.25) is 0 Å². The molecule has 108 valence electrons. The Morgan fingerprint density at radius 1 is 1.16 bits per heavy atom. The van der Waals surface area contributed by atoms with Gasteiger partial charge in [0.15, 0.2) is 0 Å². The lowest BCUT2D eigenvalue weighted by molar-refractivity contribution is -0.525. The van der Waals surface area contributed by atoms with E-state index in [0.29, 0.717) is 0 Å². The van der Waals surface area contributed by atoms with Crippen LogP contribution >= 0.6 is 0 Å². The number of aliphatic carboxylic acids is 3. The minimum absolute atomic E-state index is 0.335. The van der Waals surface area contributed by atoms with Gasteiger partial charge in [-0.15, -0.1) is 0 Å². The number of carboxylic acid groups (broad SMARTS) is 3. The molecule has 19 heavy (non-hydrogen) atoms. The normalized spacial score (nSPS) is 15.2. The Kier molecular flexibility index (Phi) is 6.45. The van der Waals surface area contributed by atoms with Crippen LogP contribution in [-0.2, 0) is 14.4 Å². The summed E-state index contributed by atoms with van der Waals surface area (Å²) >= 11 is 0. The van der Waals surface area contributed by atoms with Crippen molar-refractivity contribution in [2.45, 2.75) is 32.2 Å². The average Bonchev–Trinajstić information content (AvgIpc) is 2.26. The molecule has 0 aromatic heterocycles. The van der Waals surface area contributed by atoms with Gasteiger partial charge < -0.3 is 15.3 Å². The maximum Gasteiger partial charge on any atom is 0.307 e. The van der Waals surface area contributed by atoms with Gasteiger partial charge in [0.25, 0.3) is 0 Å².